The molecule has 8 nitrogen and oxygen atoms in total. The summed E-state index contributed by atoms with van der Waals surface area (Å²) in [7, 11) is -3.80. The van der Waals surface area contributed by atoms with Crippen molar-refractivity contribution in [2.75, 3.05) is 28.0 Å². The Morgan fingerprint density at radius 1 is 0.909 bits per heavy atom. The van der Waals surface area contributed by atoms with Crippen molar-refractivity contribution < 1.29 is 8.42 Å². The second-order valence-corrected chi connectivity index (χ2v) is 9.15. The molecule has 170 valence electrons. The molecule has 2 heterocycles. The van der Waals surface area contributed by atoms with E-state index in [-0.39, 0.29) is 4.90 Å². The lowest BCUT2D eigenvalue weighted by atomic mass is 10.2. The van der Waals surface area contributed by atoms with Gasteiger partial charge in [-0.1, -0.05) is 18.2 Å². The normalized spacial score (nSPS) is 11.4. The Morgan fingerprint density at radius 3 is 2.33 bits per heavy atom. The van der Waals surface area contributed by atoms with Crippen molar-refractivity contribution in [1.29, 1.82) is 0 Å². The van der Waals surface area contributed by atoms with Gasteiger partial charge in [0.15, 0.2) is 0 Å². The molecule has 0 bridgehead atoms. The summed E-state index contributed by atoms with van der Waals surface area (Å²) < 4.78 is 28.6. The van der Waals surface area contributed by atoms with E-state index in [9.17, 15) is 8.42 Å². The van der Waals surface area contributed by atoms with Crippen LogP contribution in [0, 0.1) is 6.92 Å². The second-order valence-electron chi connectivity index (χ2n) is 7.50. The molecule has 0 saturated carbocycles. The van der Waals surface area contributed by atoms with Gasteiger partial charge in [-0.3, -0.25) is 9.71 Å². The van der Waals surface area contributed by atoms with E-state index in [1.165, 1.54) is 0 Å². The summed E-state index contributed by atoms with van der Waals surface area (Å²) in [4.78, 5) is 15.6. The van der Waals surface area contributed by atoms with E-state index in [1.54, 1.807) is 48.7 Å². The molecule has 33 heavy (non-hydrogen) atoms. The third kappa shape index (κ3) is 5.04. The molecule has 0 unspecified atom stereocenters. The first-order valence-corrected chi connectivity index (χ1v) is 12.2. The molecule has 9 heteroatoms. The highest BCUT2D eigenvalue weighted by atomic mass is 32.2. The molecule has 0 saturated heterocycles. The van der Waals surface area contributed by atoms with Gasteiger partial charge in [0.1, 0.15) is 10.7 Å². The van der Waals surface area contributed by atoms with E-state index in [4.69, 9.17) is 0 Å². The van der Waals surface area contributed by atoms with Crippen molar-refractivity contribution >= 4 is 44.1 Å². The van der Waals surface area contributed by atoms with Crippen molar-refractivity contribution in [3.63, 3.8) is 0 Å². The van der Waals surface area contributed by atoms with E-state index in [1.807, 2.05) is 25.1 Å². The van der Waals surface area contributed by atoms with Gasteiger partial charge in [-0.25, -0.2) is 13.4 Å². The van der Waals surface area contributed by atoms with E-state index < -0.39 is 10.0 Å². The zero-order valence-electron chi connectivity index (χ0n) is 18.8. The van der Waals surface area contributed by atoms with Gasteiger partial charge in [-0.2, -0.15) is 4.98 Å². The van der Waals surface area contributed by atoms with Gasteiger partial charge in [0.2, 0.25) is 5.95 Å². The van der Waals surface area contributed by atoms with E-state index >= 15 is 0 Å². The maximum atomic E-state index is 13.0. The van der Waals surface area contributed by atoms with Crippen LogP contribution in [0.5, 0.6) is 0 Å². The number of pyridine rings is 1. The van der Waals surface area contributed by atoms with Crippen molar-refractivity contribution in [3.8, 4) is 0 Å². The molecule has 2 aromatic carbocycles. The molecule has 0 aliphatic heterocycles. The quantitative estimate of drug-likeness (QED) is 0.391. The zero-order valence-corrected chi connectivity index (χ0v) is 19.6. The molecular formula is C24H26N6O2S. The molecule has 0 fully saturated rings. The van der Waals surface area contributed by atoms with E-state index in [2.05, 4.69) is 43.7 Å². The largest absolute Gasteiger partial charge is 0.357 e. The third-order valence-corrected chi connectivity index (χ3v) is 6.62. The molecule has 0 spiro atoms. The zero-order chi connectivity index (χ0) is 23.4. The fraction of sp³-hybridized carbons (Fsp3) is 0.208. The van der Waals surface area contributed by atoms with Crippen LogP contribution in [0.2, 0.25) is 0 Å². The van der Waals surface area contributed by atoms with Crippen LogP contribution in [0.3, 0.4) is 0 Å². The summed E-state index contributed by atoms with van der Waals surface area (Å²) in [6.07, 6.45) is 1.58. The van der Waals surface area contributed by atoms with Crippen LogP contribution in [0.25, 0.3) is 10.9 Å². The molecule has 0 aliphatic rings. The Bertz CT molecular complexity index is 1360. The van der Waals surface area contributed by atoms with Crippen LogP contribution in [0.1, 0.15) is 19.5 Å². The van der Waals surface area contributed by atoms with Gasteiger partial charge in [-0.05, 0) is 57.2 Å². The minimum atomic E-state index is -3.80. The Morgan fingerprint density at radius 2 is 1.61 bits per heavy atom. The number of aryl methyl sites for hydroxylation is 1. The summed E-state index contributed by atoms with van der Waals surface area (Å²) >= 11 is 0. The third-order valence-electron chi connectivity index (χ3n) is 5.21. The topological polar surface area (TPSA) is 100 Å². The number of sulfonamides is 1. The van der Waals surface area contributed by atoms with Gasteiger partial charge in [0, 0.05) is 47.8 Å². The lowest BCUT2D eigenvalue weighted by Gasteiger charge is -2.20. The predicted molar refractivity (Wildman–Crippen MR) is 133 cm³/mol. The van der Waals surface area contributed by atoms with Crippen LogP contribution in [0.15, 0.2) is 71.8 Å². The molecule has 4 rings (SSSR count). The number of aromatic nitrogens is 3. The summed E-state index contributed by atoms with van der Waals surface area (Å²) in [5.74, 6) is 1.36. The van der Waals surface area contributed by atoms with Crippen LogP contribution >= 0.6 is 0 Å². The first-order chi connectivity index (χ1) is 15.9. The van der Waals surface area contributed by atoms with Crippen LogP contribution in [-0.2, 0) is 10.0 Å². The highest BCUT2D eigenvalue weighted by Gasteiger charge is 2.18. The standard InChI is InChI=1S/C24H26N6O2S/c1-4-30(5-2)22-16-17(3)26-24(28-22)27-19-11-13-20(14-12-19)29-33(31,32)21-10-6-8-18-9-7-15-25-23(18)21/h6-16,29H,4-5H2,1-3H3,(H,26,27,28). The van der Waals surface area contributed by atoms with Gasteiger partial charge >= 0.3 is 0 Å². The number of rotatable bonds is 8. The van der Waals surface area contributed by atoms with Crippen molar-refractivity contribution in [2.45, 2.75) is 25.7 Å². The second kappa shape index (κ2) is 9.41. The molecular weight excluding hydrogens is 436 g/mol. The Balaban J connectivity index is 1.53. The van der Waals surface area contributed by atoms with Gasteiger partial charge in [0.05, 0.1) is 5.52 Å². The van der Waals surface area contributed by atoms with Gasteiger partial charge in [-0.15, -0.1) is 0 Å². The predicted octanol–water partition coefficient (Wildman–Crippen LogP) is 4.72. The van der Waals surface area contributed by atoms with E-state index in [0.29, 0.717) is 17.2 Å². The number of para-hydroxylation sites is 1. The van der Waals surface area contributed by atoms with Crippen molar-refractivity contribution in [2.24, 2.45) is 0 Å². The van der Waals surface area contributed by atoms with Crippen LogP contribution in [0.4, 0.5) is 23.1 Å². The number of anilines is 4. The lowest BCUT2D eigenvalue weighted by molar-refractivity contribution is 0.602. The lowest BCUT2D eigenvalue weighted by Crippen LogP contribution is -2.23. The first kappa shape index (κ1) is 22.5. The Labute approximate surface area is 193 Å². The summed E-state index contributed by atoms with van der Waals surface area (Å²) in [5.41, 5.74) is 2.50. The smallest absolute Gasteiger partial charge is 0.264 e. The summed E-state index contributed by atoms with van der Waals surface area (Å²) in [5, 5.41) is 3.96. The first-order valence-electron chi connectivity index (χ1n) is 10.7. The maximum Gasteiger partial charge on any atom is 0.264 e. The van der Waals surface area contributed by atoms with Crippen LogP contribution < -0.4 is 14.9 Å². The fourth-order valence-electron chi connectivity index (χ4n) is 3.57. The fourth-order valence-corrected chi connectivity index (χ4v) is 4.81. The molecule has 2 N–H and O–H groups in total. The van der Waals surface area contributed by atoms with Gasteiger partial charge < -0.3 is 10.2 Å². The highest BCUT2D eigenvalue weighted by Crippen LogP contribution is 2.25. The minimum absolute atomic E-state index is 0.139. The molecule has 0 aliphatic carbocycles. The van der Waals surface area contributed by atoms with Gasteiger partial charge in [0.25, 0.3) is 10.0 Å². The SMILES string of the molecule is CCN(CC)c1cc(C)nc(Nc2ccc(NS(=O)(=O)c3cccc4cccnc34)cc2)n1. The van der Waals surface area contributed by atoms with Crippen LogP contribution in [-0.4, -0.2) is 36.5 Å². The number of benzene rings is 2. The number of fused-ring (bicyclic) bond motifs is 1. The minimum Gasteiger partial charge on any atom is -0.357 e. The number of nitrogens with one attached hydrogen (secondary N) is 2. The van der Waals surface area contributed by atoms with E-state index in [0.717, 1.165) is 35.7 Å². The maximum absolute atomic E-state index is 13.0. The highest BCUT2D eigenvalue weighted by molar-refractivity contribution is 7.93. The Kier molecular flexibility index (Phi) is 6.41. The molecule has 0 amide bonds. The summed E-state index contributed by atoms with van der Waals surface area (Å²) in [6.45, 7) is 7.81. The number of hydrogen-bond acceptors (Lipinski definition) is 7. The average molecular weight is 463 g/mol. The average Bonchev–Trinajstić information content (AvgIpc) is 2.80. The molecule has 2 aromatic heterocycles. The monoisotopic (exact) mass is 462 g/mol. The molecule has 0 radical (unpaired) electrons. The van der Waals surface area contributed by atoms with Crippen molar-refractivity contribution in [1.82, 2.24) is 15.0 Å². The number of hydrogen-bond donors (Lipinski definition) is 2. The Hall–Kier alpha value is -3.72. The molecule has 4 aromatic rings. The molecule has 0 atom stereocenters. The van der Waals surface area contributed by atoms with Crippen molar-refractivity contribution in [3.05, 3.63) is 72.6 Å². The summed E-state index contributed by atoms with van der Waals surface area (Å²) in [6, 6.07) is 17.6. The number of nitrogens with zero attached hydrogens (tertiary/aromatic N) is 4.